The molecule has 0 amide bonds. The van der Waals surface area contributed by atoms with Crippen molar-refractivity contribution in [1.82, 2.24) is 14.3 Å². The van der Waals surface area contributed by atoms with E-state index in [0.29, 0.717) is 17.4 Å². The van der Waals surface area contributed by atoms with Gasteiger partial charge in [0.25, 0.3) is 0 Å². The van der Waals surface area contributed by atoms with Crippen LogP contribution in [0.1, 0.15) is 17.0 Å². The molecule has 7 heteroatoms. The quantitative estimate of drug-likeness (QED) is 0.669. The Morgan fingerprint density at radius 1 is 1.12 bits per heavy atom. The van der Waals surface area contributed by atoms with Crippen molar-refractivity contribution in [3.63, 3.8) is 0 Å². The van der Waals surface area contributed by atoms with Crippen LogP contribution in [-0.4, -0.2) is 20.1 Å². The van der Waals surface area contributed by atoms with Crippen LogP contribution in [0.15, 0.2) is 58.3 Å². The van der Waals surface area contributed by atoms with Gasteiger partial charge in [-0.3, -0.25) is 4.99 Å². The number of hydrogen-bond acceptors (Lipinski definition) is 3. The van der Waals surface area contributed by atoms with Gasteiger partial charge in [-0.15, -0.1) is 12.4 Å². The van der Waals surface area contributed by atoms with Crippen LogP contribution in [-0.2, 0) is 13.6 Å². The maximum Gasteiger partial charge on any atom is 0.350 e. The molecular formula is C17H14Cl2N4O. The van der Waals surface area contributed by atoms with Crippen molar-refractivity contribution in [3.05, 3.63) is 81.0 Å². The standard InChI is InChI=1S/C17H13ClN4O.ClH/c1-21-17(23)22-14-8-7-12(18)9-13(14)16(19-10-15(22)20-21)11-5-3-2-4-6-11;/h2-9H,10H2,1H3;1H. The lowest BCUT2D eigenvalue weighted by molar-refractivity contribution is 0.717. The van der Waals surface area contributed by atoms with Gasteiger partial charge in [-0.1, -0.05) is 41.9 Å². The lowest BCUT2D eigenvalue weighted by Crippen LogP contribution is -2.23. The lowest BCUT2D eigenvalue weighted by Gasteiger charge is -2.11. The van der Waals surface area contributed by atoms with Crippen LogP contribution in [0.25, 0.3) is 5.69 Å². The van der Waals surface area contributed by atoms with Crippen molar-refractivity contribution in [2.45, 2.75) is 6.54 Å². The Labute approximate surface area is 149 Å². The number of fused-ring (bicyclic) bond motifs is 3. The zero-order valence-electron chi connectivity index (χ0n) is 12.8. The highest BCUT2D eigenvalue weighted by Crippen LogP contribution is 2.26. The fraction of sp³-hybridized carbons (Fsp3) is 0.118. The van der Waals surface area contributed by atoms with Crippen LogP contribution in [0, 0.1) is 0 Å². The van der Waals surface area contributed by atoms with E-state index in [1.807, 2.05) is 42.5 Å². The molecule has 2 aromatic carbocycles. The van der Waals surface area contributed by atoms with Gasteiger partial charge in [0, 0.05) is 23.2 Å². The van der Waals surface area contributed by atoms with Crippen LogP contribution in [0.5, 0.6) is 0 Å². The maximum absolute atomic E-state index is 12.4. The van der Waals surface area contributed by atoms with E-state index in [4.69, 9.17) is 16.6 Å². The summed E-state index contributed by atoms with van der Waals surface area (Å²) in [6.45, 7) is 0.340. The van der Waals surface area contributed by atoms with E-state index >= 15 is 0 Å². The van der Waals surface area contributed by atoms with E-state index in [2.05, 4.69) is 5.10 Å². The number of aromatic nitrogens is 3. The van der Waals surface area contributed by atoms with Crippen LogP contribution in [0.4, 0.5) is 0 Å². The summed E-state index contributed by atoms with van der Waals surface area (Å²) in [7, 11) is 1.64. The number of rotatable bonds is 1. The molecule has 0 fully saturated rings. The van der Waals surface area contributed by atoms with Crippen LogP contribution >= 0.6 is 24.0 Å². The van der Waals surface area contributed by atoms with E-state index in [9.17, 15) is 4.79 Å². The molecular weight excluding hydrogens is 347 g/mol. The third-order valence-electron chi connectivity index (χ3n) is 3.87. The van der Waals surface area contributed by atoms with Crippen molar-refractivity contribution in [3.8, 4) is 5.69 Å². The van der Waals surface area contributed by atoms with Gasteiger partial charge in [0.15, 0.2) is 5.82 Å². The Hall–Kier alpha value is -2.37. The Balaban J connectivity index is 0.00000169. The molecule has 4 rings (SSSR count). The highest BCUT2D eigenvalue weighted by atomic mass is 35.5. The first kappa shape index (κ1) is 16.5. The molecule has 5 nitrogen and oxygen atoms in total. The molecule has 2 heterocycles. The minimum atomic E-state index is -0.187. The van der Waals surface area contributed by atoms with Crippen molar-refractivity contribution in [2.75, 3.05) is 0 Å². The van der Waals surface area contributed by atoms with Gasteiger partial charge in [-0.05, 0) is 18.2 Å². The molecule has 0 bridgehead atoms. The average Bonchev–Trinajstić information content (AvgIpc) is 2.75. The van der Waals surface area contributed by atoms with Crippen molar-refractivity contribution >= 4 is 29.7 Å². The highest BCUT2D eigenvalue weighted by Gasteiger charge is 2.22. The molecule has 0 aliphatic carbocycles. The fourth-order valence-corrected chi connectivity index (χ4v) is 3.00. The Morgan fingerprint density at radius 3 is 2.62 bits per heavy atom. The summed E-state index contributed by atoms with van der Waals surface area (Å²) in [5, 5.41) is 4.89. The molecule has 0 unspecified atom stereocenters. The summed E-state index contributed by atoms with van der Waals surface area (Å²) in [5.74, 6) is 0.618. The third-order valence-corrected chi connectivity index (χ3v) is 4.11. The SMILES string of the molecule is Cl.Cn1nc2n(c1=O)-c1ccc(Cl)cc1C(c1ccccc1)=NC2. The summed E-state index contributed by atoms with van der Waals surface area (Å²) < 4.78 is 2.93. The Morgan fingerprint density at radius 2 is 1.88 bits per heavy atom. The fourth-order valence-electron chi connectivity index (χ4n) is 2.83. The van der Waals surface area contributed by atoms with Gasteiger partial charge in [0.05, 0.1) is 11.4 Å². The molecule has 1 aromatic heterocycles. The first-order valence-corrected chi connectivity index (χ1v) is 7.58. The number of hydrogen-bond donors (Lipinski definition) is 0. The van der Waals surface area contributed by atoms with Gasteiger partial charge < -0.3 is 0 Å². The second-order valence-corrected chi connectivity index (χ2v) is 5.79. The van der Waals surface area contributed by atoms with E-state index in [-0.39, 0.29) is 18.1 Å². The first-order valence-electron chi connectivity index (χ1n) is 7.20. The predicted octanol–water partition coefficient (Wildman–Crippen LogP) is 3.00. The second kappa shape index (κ2) is 6.26. The van der Waals surface area contributed by atoms with Gasteiger partial charge in [0.2, 0.25) is 0 Å². The van der Waals surface area contributed by atoms with E-state index < -0.39 is 0 Å². The van der Waals surface area contributed by atoms with Gasteiger partial charge in [-0.25, -0.2) is 14.0 Å². The zero-order valence-corrected chi connectivity index (χ0v) is 14.4. The molecule has 1 aliphatic rings. The molecule has 1 aliphatic heterocycles. The minimum Gasteiger partial charge on any atom is -0.276 e. The van der Waals surface area contributed by atoms with Crippen LogP contribution in [0.3, 0.4) is 0 Å². The number of halogens is 2. The van der Waals surface area contributed by atoms with E-state index in [1.54, 1.807) is 17.7 Å². The Kier molecular flexibility index (Phi) is 4.30. The van der Waals surface area contributed by atoms with Crippen molar-refractivity contribution in [2.24, 2.45) is 12.0 Å². The molecule has 0 spiro atoms. The molecule has 0 N–H and O–H groups in total. The summed E-state index contributed by atoms with van der Waals surface area (Å²) in [6.07, 6.45) is 0. The topological polar surface area (TPSA) is 52.2 Å². The van der Waals surface area contributed by atoms with Crippen LogP contribution < -0.4 is 5.69 Å². The largest absolute Gasteiger partial charge is 0.350 e. The lowest BCUT2D eigenvalue weighted by atomic mass is 10.0. The van der Waals surface area contributed by atoms with Gasteiger partial charge >= 0.3 is 5.69 Å². The van der Waals surface area contributed by atoms with Crippen LogP contribution in [0.2, 0.25) is 5.02 Å². The highest BCUT2D eigenvalue weighted by molar-refractivity contribution is 6.31. The summed E-state index contributed by atoms with van der Waals surface area (Å²) >= 11 is 6.19. The number of benzene rings is 2. The summed E-state index contributed by atoms with van der Waals surface area (Å²) in [6, 6.07) is 15.3. The van der Waals surface area contributed by atoms with E-state index in [1.165, 1.54) is 4.68 Å². The van der Waals surface area contributed by atoms with Crippen molar-refractivity contribution < 1.29 is 0 Å². The summed E-state index contributed by atoms with van der Waals surface area (Å²) in [5.41, 5.74) is 3.20. The number of aliphatic imine (C=N–C) groups is 1. The predicted molar refractivity (Wildman–Crippen MR) is 96.8 cm³/mol. The monoisotopic (exact) mass is 360 g/mol. The number of nitrogens with zero attached hydrogens (tertiary/aromatic N) is 4. The second-order valence-electron chi connectivity index (χ2n) is 5.35. The zero-order chi connectivity index (χ0) is 16.0. The maximum atomic E-state index is 12.4. The van der Waals surface area contributed by atoms with Crippen molar-refractivity contribution in [1.29, 1.82) is 0 Å². The minimum absolute atomic E-state index is 0. The molecule has 0 atom stereocenters. The molecule has 0 saturated carbocycles. The molecule has 0 saturated heterocycles. The Bertz CT molecular complexity index is 990. The first-order chi connectivity index (χ1) is 11.1. The molecule has 0 radical (unpaired) electrons. The molecule has 122 valence electrons. The van der Waals surface area contributed by atoms with Gasteiger partial charge in [-0.2, -0.15) is 5.10 Å². The molecule has 24 heavy (non-hydrogen) atoms. The van der Waals surface area contributed by atoms with E-state index in [0.717, 1.165) is 22.5 Å². The van der Waals surface area contributed by atoms with Gasteiger partial charge in [0.1, 0.15) is 6.54 Å². The molecule has 3 aromatic rings. The average molecular weight is 361 g/mol. The smallest absolute Gasteiger partial charge is 0.276 e. The third kappa shape index (κ3) is 2.56. The number of aryl methyl sites for hydroxylation is 1. The normalized spacial score (nSPS) is 12.5. The summed E-state index contributed by atoms with van der Waals surface area (Å²) in [4.78, 5) is 17.1.